The Morgan fingerprint density at radius 3 is 2.66 bits per heavy atom. The second-order valence-electron chi connectivity index (χ2n) is 6.96. The fourth-order valence-electron chi connectivity index (χ4n) is 3.40. The summed E-state index contributed by atoms with van der Waals surface area (Å²) in [5.41, 5.74) is 2.25. The number of allylic oxidation sites excluding steroid dienone is 1. The van der Waals surface area contributed by atoms with Crippen molar-refractivity contribution in [3.8, 4) is 11.5 Å². The summed E-state index contributed by atoms with van der Waals surface area (Å²) in [6.45, 7) is 1.03. The van der Waals surface area contributed by atoms with E-state index in [0.717, 1.165) is 35.3 Å². The highest BCUT2D eigenvalue weighted by Gasteiger charge is 2.28. The van der Waals surface area contributed by atoms with Crippen LogP contribution in [0.4, 0.5) is 5.00 Å². The van der Waals surface area contributed by atoms with Crippen LogP contribution in [0.25, 0.3) is 6.08 Å². The number of thiophene rings is 1. The molecule has 1 N–H and O–H groups in total. The number of anilines is 1. The molecule has 0 unspecified atom stereocenters. The van der Waals surface area contributed by atoms with Crippen LogP contribution in [0.1, 0.15) is 39.7 Å². The number of nitrogens with one attached hydrogen (secondary N) is 1. The zero-order valence-electron chi connectivity index (χ0n) is 18.2. The van der Waals surface area contributed by atoms with Crippen molar-refractivity contribution in [1.29, 1.82) is 0 Å². The van der Waals surface area contributed by atoms with Crippen molar-refractivity contribution < 1.29 is 33.3 Å². The lowest BCUT2D eigenvalue weighted by Crippen LogP contribution is -2.24. The lowest BCUT2D eigenvalue weighted by molar-refractivity contribution is -0.149. The molecule has 1 aliphatic rings. The molecular formula is C23H25NO7S. The molecule has 1 amide bonds. The number of ether oxygens (including phenoxy) is 4. The molecule has 0 saturated heterocycles. The molecule has 170 valence electrons. The Hall–Kier alpha value is -3.33. The van der Waals surface area contributed by atoms with Crippen LogP contribution < -0.4 is 14.8 Å². The second-order valence-corrected chi connectivity index (χ2v) is 8.07. The lowest BCUT2D eigenvalue weighted by atomic mass is 10.1. The van der Waals surface area contributed by atoms with Gasteiger partial charge in [-0.25, -0.2) is 9.59 Å². The fraction of sp³-hybridized carbons (Fsp3) is 0.348. The summed E-state index contributed by atoms with van der Waals surface area (Å²) >= 11 is 1.35. The van der Waals surface area contributed by atoms with E-state index < -0.39 is 24.5 Å². The summed E-state index contributed by atoms with van der Waals surface area (Å²) in [5.74, 6) is -0.872. The molecule has 1 heterocycles. The van der Waals surface area contributed by atoms with Crippen molar-refractivity contribution in [3.63, 3.8) is 0 Å². The van der Waals surface area contributed by atoms with Crippen molar-refractivity contribution in [2.24, 2.45) is 0 Å². The van der Waals surface area contributed by atoms with Crippen molar-refractivity contribution in [3.05, 3.63) is 45.8 Å². The Labute approximate surface area is 190 Å². The minimum absolute atomic E-state index is 0.382. The van der Waals surface area contributed by atoms with Crippen LogP contribution in [-0.2, 0) is 31.9 Å². The molecule has 1 aliphatic carbocycles. The minimum atomic E-state index is -0.707. The number of hydrogen-bond donors (Lipinski definition) is 1. The van der Waals surface area contributed by atoms with Crippen LogP contribution >= 0.6 is 11.3 Å². The molecule has 0 saturated carbocycles. The van der Waals surface area contributed by atoms with Gasteiger partial charge in [0.25, 0.3) is 5.91 Å². The van der Waals surface area contributed by atoms with E-state index in [-0.39, 0.29) is 6.61 Å². The molecule has 0 atom stereocenters. The minimum Gasteiger partial charge on any atom is -0.493 e. The summed E-state index contributed by atoms with van der Waals surface area (Å²) in [7, 11) is 2.81. The van der Waals surface area contributed by atoms with Gasteiger partial charge >= 0.3 is 11.9 Å². The smallest absolute Gasteiger partial charge is 0.344 e. The molecule has 1 aromatic carbocycles. The van der Waals surface area contributed by atoms with E-state index in [2.05, 4.69) is 5.32 Å². The van der Waals surface area contributed by atoms with Gasteiger partial charge in [0.2, 0.25) is 0 Å². The van der Waals surface area contributed by atoms with E-state index in [9.17, 15) is 14.4 Å². The van der Waals surface area contributed by atoms with Crippen molar-refractivity contribution in [2.45, 2.75) is 26.2 Å². The number of carbonyl (C=O) groups is 3. The highest BCUT2D eigenvalue weighted by Crippen LogP contribution is 2.39. The van der Waals surface area contributed by atoms with Crippen LogP contribution in [0.3, 0.4) is 0 Å². The summed E-state index contributed by atoms with van der Waals surface area (Å²) in [5, 5.41) is 3.08. The van der Waals surface area contributed by atoms with Gasteiger partial charge in [-0.1, -0.05) is 18.2 Å². The number of benzene rings is 1. The summed E-state index contributed by atoms with van der Waals surface area (Å²) in [6.07, 6.45) is 6.42. The van der Waals surface area contributed by atoms with Crippen LogP contribution in [0.5, 0.6) is 11.5 Å². The summed E-state index contributed by atoms with van der Waals surface area (Å²) in [6, 6.07) is 5.30. The van der Waals surface area contributed by atoms with Gasteiger partial charge in [-0.2, -0.15) is 0 Å². The van der Waals surface area contributed by atoms with E-state index in [1.165, 1.54) is 25.6 Å². The summed E-state index contributed by atoms with van der Waals surface area (Å²) in [4.78, 5) is 37.5. The van der Waals surface area contributed by atoms with Crippen molar-refractivity contribution in [2.75, 3.05) is 32.8 Å². The fourth-order valence-corrected chi connectivity index (χ4v) is 4.69. The highest BCUT2D eigenvalue weighted by atomic mass is 32.1. The van der Waals surface area contributed by atoms with Gasteiger partial charge in [-0.15, -0.1) is 11.3 Å². The van der Waals surface area contributed by atoms with E-state index in [1.54, 1.807) is 12.1 Å². The van der Waals surface area contributed by atoms with Crippen LogP contribution in [0.15, 0.2) is 24.3 Å². The van der Waals surface area contributed by atoms with Gasteiger partial charge in [-0.05, 0) is 49.4 Å². The third-order valence-electron chi connectivity index (χ3n) is 4.82. The first-order chi connectivity index (χ1) is 15.5. The standard InChI is InChI=1S/C23H25NO7S/c1-4-6-14-9-10-16(17(11-14)28-2)30-13-20(26)31-12-19(25)24-22-21(23(27)29-3)15-7-5-8-18(15)32-22/h4,6,9-11H,5,7-8,12-13H2,1-3H3,(H,24,25)/b6-4+. The highest BCUT2D eigenvalue weighted by molar-refractivity contribution is 7.17. The number of esters is 2. The van der Waals surface area contributed by atoms with Gasteiger partial charge in [0.05, 0.1) is 19.8 Å². The number of fused-ring (bicyclic) bond motifs is 1. The quantitative estimate of drug-likeness (QED) is 0.572. The first-order valence-corrected chi connectivity index (χ1v) is 10.9. The SMILES string of the molecule is C/C=C/c1ccc(OCC(=O)OCC(=O)Nc2sc3c(c2C(=O)OC)CCC3)c(OC)c1. The van der Waals surface area contributed by atoms with Crippen LogP contribution in [0, 0.1) is 0 Å². The molecule has 32 heavy (non-hydrogen) atoms. The Balaban J connectivity index is 1.53. The first-order valence-electron chi connectivity index (χ1n) is 10.1. The van der Waals surface area contributed by atoms with E-state index in [1.807, 2.05) is 25.1 Å². The third kappa shape index (κ3) is 5.47. The number of amides is 1. The number of carbonyl (C=O) groups excluding carboxylic acids is 3. The predicted molar refractivity (Wildman–Crippen MR) is 120 cm³/mol. The average Bonchev–Trinajstić information content (AvgIpc) is 3.37. The molecule has 0 bridgehead atoms. The summed E-state index contributed by atoms with van der Waals surface area (Å²) < 4.78 is 20.6. The molecular weight excluding hydrogens is 434 g/mol. The van der Waals surface area contributed by atoms with Crippen molar-refractivity contribution in [1.82, 2.24) is 0 Å². The van der Waals surface area contributed by atoms with E-state index in [0.29, 0.717) is 22.1 Å². The zero-order chi connectivity index (χ0) is 23.1. The molecule has 8 nitrogen and oxygen atoms in total. The molecule has 3 rings (SSSR count). The van der Waals surface area contributed by atoms with Gasteiger partial charge in [-0.3, -0.25) is 4.79 Å². The number of aryl methyl sites for hydroxylation is 1. The van der Waals surface area contributed by atoms with E-state index in [4.69, 9.17) is 18.9 Å². The Morgan fingerprint density at radius 2 is 1.94 bits per heavy atom. The molecule has 0 radical (unpaired) electrons. The predicted octanol–water partition coefficient (Wildman–Crippen LogP) is 3.63. The average molecular weight is 460 g/mol. The van der Waals surface area contributed by atoms with E-state index >= 15 is 0 Å². The lowest BCUT2D eigenvalue weighted by Gasteiger charge is -2.11. The number of methoxy groups -OCH3 is 2. The molecule has 1 aromatic heterocycles. The third-order valence-corrected chi connectivity index (χ3v) is 6.03. The second kappa shape index (κ2) is 10.8. The van der Waals surface area contributed by atoms with Gasteiger partial charge in [0, 0.05) is 4.88 Å². The monoisotopic (exact) mass is 459 g/mol. The van der Waals surface area contributed by atoms with Gasteiger partial charge in [0.15, 0.2) is 24.7 Å². The molecule has 9 heteroatoms. The van der Waals surface area contributed by atoms with Gasteiger partial charge < -0.3 is 24.3 Å². The van der Waals surface area contributed by atoms with Gasteiger partial charge in [0.1, 0.15) is 5.00 Å². The first kappa shape index (κ1) is 23.3. The normalized spacial score (nSPS) is 12.3. The van der Waals surface area contributed by atoms with Crippen LogP contribution in [0.2, 0.25) is 0 Å². The topological polar surface area (TPSA) is 100 Å². The maximum absolute atomic E-state index is 12.3. The van der Waals surface area contributed by atoms with Crippen molar-refractivity contribution >= 4 is 40.3 Å². The maximum Gasteiger partial charge on any atom is 0.344 e. The maximum atomic E-state index is 12.3. The molecule has 2 aromatic rings. The molecule has 0 fully saturated rings. The molecule has 0 aliphatic heterocycles. The largest absolute Gasteiger partial charge is 0.493 e. The number of hydrogen-bond acceptors (Lipinski definition) is 8. The number of rotatable bonds is 9. The Morgan fingerprint density at radius 1 is 1.12 bits per heavy atom. The molecule has 0 spiro atoms. The Kier molecular flexibility index (Phi) is 7.88. The van der Waals surface area contributed by atoms with Crippen LogP contribution in [-0.4, -0.2) is 45.3 Å². The Bertz CT molecular complexity index is 1040. The zero-order valence-corrected chi connectivity index (χ0v) is 19.0.